The average molecular weight is 341 g/mol. The summed E-state index contributed by atoms with van der Waals surface area (Å²) in [5, 5.41) is 3.09. The van der Waals surface area contributed by atoms with Crippen molar-refractivity contribution in [3.05, 3.63) is 58.9 Å². The number of pyridine rings is 1. The van der Waals surface area contributed by atoms with Crippen molar-refractivity contribution in [3.63, 3.8) is 0 Å². The van der Waals surface area contributed by atoms with Gasteiger partial charge in [0.1, 0.15) is 5.75 Å². The summed E-state index contributed by atoms with van der Waals surface area (Å²) in [6.45, 7) is 6.54. The van der Waals surface area contributed by atoms with Crippen LogP contribution in [0.4, 0.5) is 4.79 Å². The quantitative estimate of drug-likeness (QED) is 0.864. The van der Waals surface area contributed by atoms with E-state index in [1.165, 1.54) is 0 Å². The Bertz CT molecular complexity index is 693. The van der Waals surface area contributed by atoms with E-state index in [0.29, 0.717) is 6.54 Å². The molecule has 0 bridgehead atoms. The van der Waals surface area contributed by atoms with Crippen LogP contribution in [0, 0.1) is 13.8 Å². The van der Waals surface area contributed by atoms with Gasteiger partial charge in [0, 0.05) is 12.7 Å². The molecule has 0 aliphatic heterocycles. The van der Waals surface area contributed by atoms with Gasteiger partial charge in [-0.3, -0.25) is 4.98 Å². The highest BCUT2D eigenvalue weighted by Crippen LogP contribution is 2.20. The Balaban J connectivity index is 2.02. The first-order chi connectivity index (χ1) is 11.9. The molecule has 5 nitrogen and oxygen atoms in total. The van der Waals surface area contributed by atoms with E-state index in [1.807, 2.05) is 50.2 Å². The van der Waals surface area contributed by atoms with Gasteiger partial charge in [0.25, 0.3) is 0 Å². The first-order valence-electron chi connectivity index (χ1n) is 8.52. The Morgan fingerprint density at radius 2 is 1.92 bits per heavy atom. The molecule has 2 aromatic rings. The lowest BCUT2D eigenvalue weighted by Crippen LogP contribution is -2.39. The number of hydrogen-bond donors (Lipinski definition) is 1. The van der Waals surface area contributed by atoms with Crippen LogP contribution in [0.2, 0.25) is 0 Å². The number of rotatable bonds is 6. The summed E-state index contributed by atoms with van der Waals surface area (Å²) in [6.07, 6.45) is 0.813. The molecule has 1 heterocycles. The molecule has 0 aliphatic rings. The van der Waals surface area contributed by atoms with Crippen LogP contribution >= 0.6 is 0 Å². The topological polar surface area (TPSA) is 54.5 Å². The molecule has 1 aromatic carbocycles. The van der Waals surface area contributed by atoms with Gasteiger partial charge in [0.15, 0.2) is 0 Å². The van der Waals surface area contributed by atoms with Crippen LogP contribution in [0.3, 0.4) is 0 Å². The molecule has 25 heavy (non-hydrogen) atoms. The van der Waals surface area contributed by atoms with E-state index in [1.54, 1.807) is 19.1 Å². The number of benzene rings is 1. The Kier molecular flexibility index (Phi) is 6.39. The fraction of sp³-hybridized carbons (Fsp3) is 0.400. The lowest BCUT2D eigenvalue weighted by molar-refractivity contribution is 0.201. The smallest absolute Gasteiger partial charge is 0.317 e. The third-order valence-electron chi connectivity index (χ3n) is 4.12. The second-order valence-electron chi connectivity index (χ2n) is 6.32. The van der Waals surface area contributed by atoms with Crippen molar-refractivity contribution in [2.45, 2.75) is 39.8 Å². The van der Waals surface area contributed by atoms with Gasteiger partial charge in [0.05, 0.1) is 25.4 Å². The van der Waals surface area contributed by atoms with Gasteiger partial charge < -0.3 is 15.0 Å². The predicted molar refractivity (Wildman–Crippen MR) is 99.7 cm³/mol. The number of carbonyl (C=O) groups is 1. The third kappa shape index (κ3) is 5.21. The van der Waals surface area contributed by atoms with Crippen molar-refractivity contribution in [3.8, 4) is 5.75 Å². The van der Waals surface area contributed by atoms with Crippen LogP contribution in [0.15, 0.2) is 36.4 Å². The largest absolute Gasteiger partial charge is 0.497 e. The molecule has 0 aliphatic carbocycles. The Morgan fingerprint density at radius 3 is 2.48 bits per heavy atom. The van der Waals surface area contributed by atoms with E-state index in [0.717, 1.165) is 34.7 Å². The fourth-order valence-corrected chi connectivity index (χ4v) is 2.84. The molecule has 2 amide bonds. The summed E-state index contributed by atoms with van der Waals surface area (Å²) in [7, 11) is 3.43. The van der Waals surface area contributed by atoms with Crippen LogP contribution in [0.5, 0.6) is 5.75 Å². The molecule has 1 aromatic heterocycles. The maximum atomic E-state index is 12.5. The fourth-order valence-electron chi connectivity index (χ4n) is 2.84. The zero-order chi connectivity index (χ0) is 18.4. The minimum atomic E-state index is -0.108. The van der Waals surface area contributed by atoms with E-state index >= 15 is 0 Å². The number of ether oxygens (including phenoxy) is 1. The van der Waals surface area contributed by atoms with Gasteiger partial charge in [-0.2, -0.15) is 0 Å². The van der Waals surface area contributed by atoms with Crippen molar-refractivity contribution >= 4 is 6.03 Å². The maximum Gasteiger partial charge on any atom is 0.317 e. The molecule has 1 N–H and O–H groups in total. The summed E-state index contributed by atoms with van der Waals surface area (Å²) in [6, 6.07) is 11.7. The van der Waals surface area contributed by atoms with Crippen molar-refractivity contribution in [1.82, 2.24) is 15.2 Å². The standard InChI is InChI=1S/C20H27N3O2/c1-6-19(16-7-9-18(25-5)10-8-16)22-20(24)23(4)13-17-12-14(2)11-15(3)21-17/h7-12,19H,6,13H2,1-5H3,(H,22,24)/t19-/m1/s1. The van der Waals surface area contributed by atoms with Crippen molar-refractivity contribution < 1.29 is 9.53 Å². The molecule has 0 unspecified atom stereocenters. The monoisotopic (exact) mass is 341 g/mol. The van der Waals surface area contributed by atoms with Crippen LogP contribution in [0.1, 0.15) is 41.9 Å². The normalized spacial score (nSPS) is 11.7. The minimum Gasteiger partial charge on any atom is -0.497 e. The molecular formula is C20H27N3O2. The molecule has 0 saturated heterocycles. The number of methoxy groups -OCH3 is 1. The second-order valence-corrected chi connectivity index (χ2v) is 6.32. The van der Waals surface area contributed by atoms with E-state index in [4.69, 9.17) is 4.74 Å². The minimum absolute atomic E-state index is 0.0342. The highest BCUT2D eigenvalue weighted by molar-refractivity contribution is 5.74. The highest BCUT2D eigenvalue weighted by Gasteiger charge is 2.16. The number of nitrogens with zero attached hydrogens (tertiary/aromatic N) is 2. The molecule has 0 fully saturated rings. The Hall–Kier alpha value is -2.56. The van der Waals surface area contributed by atoms with Gasteiger partial charge in [-0.1, -0.05) is 19.1 Å². The predicted octanol–water partition coefficient (Wildman–Crippen LogP) is 4.00. The lowest BCUT2D eigenvalue weighted by Gasteiger charge is -2.23. The van der Waals surface area contributed by atoms with Crippen LogP contribution in [0.25, 0.3) is 0 Å². The van der Waals surface area contributed by atoms with E-state index in [-0.39, 0.29) is 12.1 Å². The molecule has 1 atom stereocenters. The molecule has 0 spiro atoms. The van der Waals surface area contributed by atoms with Crippen LogP contribution in [-0.2, 0) is 6.54 Å². The summed E-state index contributed by atoms with van der Waals surface area (Å²) in [4.78, 5) is 18.7. The number of nitrogens with one attached hydrogen (secondary N) is 1. The third-order valence-corrected chi connectivity index (χ3v) is 4.12. The highest BCUT2D eigenvalue weighted by atomic mass is 16.5. The number of aryl methyl sites for hydroxylation is 2. The molecular weight excluding hydrogens is 314 g/mol. The summed E-state index contributed by atoms with van der Waals surface area (Å²) < 4.78 is 5.18. The van der Waals surface area contributed by atoms with E-state index in [2.05, 4.69) is 17.2 Å². The molecule has 2 rings (SSSR count). The average Bonchev–Trinajstić information content (AvgIpc) is 2.58. The first-order valence-corrected chi connectivity index (χ1v) is 8.52. The van der Waals surface area contributed by atoms with Gasteiger partial charge >= 0.3 is 6.03 Å². The van der Waals surface area contributed by atoms with Crippen molar-refractivity contribution in [2.75, 3.05) is 14.2 Å². The van der Waals surface area contributed by atoms with Gasteiger partial charge in [0.2, 0.25) is 0 Å². The van der Waals surface area contributed by atoms with E-state index in [9.17, 15) is 4.79 Å². The Morgan fingerprint density at radius 1 is 1.24 bits per heavy atom. The maximum absolute atomic E-state index is 12.5. The SMILES string of the molecule is CC[C@@H](NC(=O)N(C)Cc1cc(C)cc(C)n1)c1ccc(OC)cc1. The number of urea groups is 1. The first kappa shape index (κ1) is 18.8. The number of aromatic nitrogens is 1. The number of hydrogen-bond acceptors (Lipinski definition) is 3. The van der Waals surface area contributed by atoms with Crippen LogP contribution in [-0.4, -0.2) is 30.1 Å². The van der Waals surface area contributed by atoms with Crippen molar-refractivity contribution in [2.24, 2.45) is 0 Å². The number of amides is 2. The lowest BCUT2D eigenvalue weighted by atomic mass is 10.0. The Labute approximate surface area is 150 Å². The summed E-state index contributed by atoms with van der Waals surface area (Å²) in [5.74, 6) is 0.808. The van der Waals surface area contributed by atoms with Gasteiger partial charge in [-0.25, -0.2) is 4.79 Å². The number of carbonyl (C=O) groups excluding carboxylic acids is 1. The molecule has 0 radical (unpaired) electrons. The molecule has 5 heteroatoms. The summed E-state index contributed by atoms with van der Waals surface area (Å²) in [5.41, 5.74) is 4.08. The zero-order valence-electron chi connectivity index (χ0n) is 15.7. The van der Waals surface area contributed by atoms with Gasteiger partial charge in [-0.05, 0) is 55.7 Å². The summed E-state index contributed by atoms with van der Waals surface area (Å²) >= 11 is 0. The van der Waals surface area contributed by atoms with Crippen LogP contribution < -0.4 is 10.1 Å². The zero-order valence-corrected chi connectivity index (χ0v) is 15.7. The van der Waals surface area contributed by atoms with Crippen molar-refractivity contribution in [1.29, 1.82) is 0 Å². The van der Waals surface area contributed by atoms with E-state index < -0.39 is 0 Å². The molecule has 0 saturated carbocycles. The second kappa shape index (κ2) is 8.51. The van der Waals surface area contributed by atoms with Gasteiger partial charge in [-0.15, -0.1) is 0 Å². The molecule has 134 valence electrons.